The molecule has 0 unspecified atom stereocenters. The Kier molecular flexibility index (Phi) is 5.61. The van der Waals surface area contributed by atoms with Crippen LogP contribution in [0.5, 0.6) is 5.75 Å². The second-order valence-corrected chi connectivity index (χ2v) is 9.74. The average molecular weight is 503 g/mol. The molecule has 0 radical (unpaired) electrons. The maximum absolute atomic E-state index is 13.5. The van der Waals surface area contributed by atoms with E-state index >= 15 is 0 Å². The van der Waals surface area contributed by atoms with Gasteiger partial charge in [-0.3, -0.25) is 25.0 Å². The van der Waals surface area contributed by atoms with E-state index in [1.54, 1.807) is 12.1 Å². The third-order valence-corrected chi connectivity index (χ3v) is 7.29. The van der Waals surface area contributed by atoms with Crippen molar-refractivity contribution in [2.24, 2.45) is 0 Å². The van der Waals surface area contributed by atoms with Gasteiger partial charge in [-0.15, -0.1) is 0 Å². The van der Waals surface area contributed by atoms with Crippen molar-refractivity contribution in [3.63, 3.8) is 0 Å². The first-order valence-electron chi connectivity index (χ1n) is 10.6. The van der Waals surface area contributed by atoms with Gasteiger partial charge in [0, 0.05) is 35.4 Å². The van der Waals surface area contributed by atoms with Crippen LogP contribution < -0.4 is 10.1 Å². The van der Waals surface area contributed by atoms with Crippen LogP contribution in [0.15, 0.2) is 90.0 Å². The van der Waals surface area contributed by atoms with Crippen LogP contribution in [-0.2, 0) is 26.2 Å². The van der Waals surface area contributed by atoms with Gasteiger partial charge in [-0.25, -0.2) is 12.4 Å². The summed E-state index contributed by atoms with van der Waals surface area (Å²) in [4.78, 5) is 34.4. The number of nitro benzene ring substituents is 1. The third kappa shape index (κ3) is 4.12. The van der Waals surface area contributed by atoms with Gasteiger partial charge in [0.15, 0.2) is 0 Å². The van der Waals surface area contributed by atoms with Crippen molar-refractivity contribution in [3.05, 3.63) is 106 Å². The molecule has 0 fully saturated rings. The summed E-state index contributed by atoms with van der Waals surface area (Å²) in [7, 11) is -4.30. The summed E-state index contributed by atoms with van der Waals surface area (Å²) in [6.45, 7) is 0.260. The highest BCUT2D eigenvalue weighted by Gasteiger charge is 2.29. The molecule has 1 N–H and O–H groups in total. The van der Waals surface area contributed by atoms with Crippen molar-refractivity contribution >= 4 is 44.0 Å². The third-order valence-electron chi connectivity index (χ3n) is 5.62. The van der Waals surface area contributed by atoms with Gasteiger partial charge >= 0.3 is 0 Å². The number of amides is 2. The highest BCUT2D eigenvalue weighted by molar-refractivity contribution is 7.90. The first-order valence-corrected chi connectivity index (χ1v) is 12.1. The van der Waals surface area contributed by atoms with Crippen molar-refractivity contribution < 1.29 is 27.7 Å². The van der Waals surface area contributed by atoms with Gasteiger partial charge in [-0.2, -0.15) is 0 Å². The Morgan fingerprint density at radius 3 is 2.44 bits per heavy atom. The topological polar surface area (TPSA) is 138 Å². The molecule has 0 saturated carbocycles. The number of nitrogens with zero attached hydrogens (tertiary/aromatic N) is 2. The Labute approximate surface area is 204 Å². The Bertz CT molecular complexity index is 1690. The lowest BCUT2D eigenvalue weighted by atomic mass is 10.1. The van der Waals surface area contributed by atoms with E-state index in [0.29, 0.717) is 11.1 Å². The van der Waals surface area contributed by atoms with E-state index in [0.717, 1.165) is 21.7 Å². The minimum atomic E-state index is -4.30. The summed E-state index contributed by atoms with van der Waals surface area (Å²) in [5, 5.41) is 13.7. The van der Waals surface area contributed by atoms with E-state index < -0.39 is 26.8 Å². The molecule has 11 heteroatoms. The van der Waals surface area contributed by atoms with Crippen LogP contribution in [0.2, 0.25) is 0 Å². The van der Waals surface area contributed by atoms with Crippen molar-refractivity contribution in [2.75, 3.05) is 0 Å². The van der Waals surface area contributed by atoms with Gasteiger partial charge in [0.25, 0.3) is 27.5 Å². The molecule has 2 heterocycles. The molecule has 0 atom stereocenters. The lowest BCUT2D eigenvalue weighted by Crippen LogP contribution is -2.21. The SMILES string of the molecule is O=C1C=C(c2cn(S(=O)(=O)c3cccc([N+](=O)[O-])c3)c3ccc(OCc4ccccc4)cc23)C(=O)N1. The number of hydrogen-bond donors (Lipinski definition) is 1. The number of rotatable bonds is 7. The van der Waals surface area contributed by atoms with Crippen molar-refractivity contribution in [1.29, 1.82) is 0 Å². The van der Waals surface area contributed by atoms with Crippen molar-refractivity contribution in [2.45, 2.75) is 11.5 Å². The minimum absolute atomic E-state index is 0.00167. The number of fused-ring (bicyclic) bond motifs is 1. The van der Waals surface area contributed by atoms with E-state index in [1.165, 1.54) is 30.5 Å². The Morgan fingerprint density at radius 2 is 1.75 bits per heavy atom. The van der Waals surface area contributed by atoms with Crippen LogP contribution in [0.3, 0.4) is 0 Å². The second-order valence-electron chi connectivity index (χ2n) is 7.93. The molecule has 0 saturated heterocycles. The maximum Gasteiger partial charge on any atom is 0.270 e. The number of benzene rings is 3. The zero-order valence-corrected chi connectivity index (χ0v) is 19.3. The molecule has 10 nitrogen and oxygen atoms in total. The van der Waals surface area contributed by atoms with Crippen LogP contribution in [0.25, 0.3) is 16.5 Å². The van der Waals surface area contributed by atoms with E-state index in [9.17, 15) is 28.1 Å². The molecule has 0 bridgehead atoms. The molecule has 0 aliphatic carbocycles. The molecule has 0 spiro atoms. The number of aromatic nitrogens is 1. The molecule has 2 amide bonds. The lowest BCUT2D eigenvalue weighted by molar-refractivity contribution is -0.385. The minimum Gasteiger partial charge on any atom is -0.489 e. The fourth-order valence-electron chi connectivity index (χ4n) is 3.91. The van der Waals surface area contributed by atoms with E-state index in [1.807, 2.05) is 30.3 Å². The standard InChI is InChI=1S/C25H17N3O7S/c29-24-13-21(25(30)26-24)22-14-27(36(33,34)19-8-4-7-17(11-19)28(31)32)23-10-9-18(12-20(22)23)35-15-16-5-2-1-3-6-16/h1-14H,15H2,(H,26,29,30). The summed E-state index contributed by atoms with van der Waals surface area (Å²) >= 11 is 0. The summed E-state index contributed by atoms with van der Waals surface area (Å²) in [6, 6.07) is 18.8. The fraction of sp³-hybridized carbons (Fsp3) is 0.0400. The molecule has 1 aliphatic heterocycles. The predicted octanol–water partition coefficient (Wildman–Crippen LogP) is 3.41. The Hall–Kier alpha value is -4.77. The fourth-order valence-corrected chi connectivity index (χ4v) is 5.32. The summed E-state index contributed by atoms with van der Waals surface area (Å²) in [5.74, 6) is -0.861. The quantitative estimate of drug-likeness (QED) is 0.232. The van der Waals surface area contributed by atoms with Crippen LogP contribution >= 0.6 is 0 Å². The number of non-ortho nitro benzene ring substituents is 1. The Balaban J connectivity index is 1.64. The number of carbonyl (C=O) groups is 2. The molecular weight excluding hydrogens is 486 g/mol. The number of hydrogen-bond acceptors (Lipinski definition) is 7. The molecular formula is C25H17N3O7S. The number of ether oxygens (including phenoxy) is 1. The van der Waals surface area contributed by atoms with Gasteiger partial charge in [-0.1, -0.05) is 36.4 Å². The zero-order valence-electron chi connectivity index (χ0n) is 18.5. The summed E-state index contributed by atoms with van der Waals surface area (Å²) in [6.07, 6.45) is 2.32. The lowest BCUT2D eigenvalue weighted by Gasteiger charge is -2.09. The van der Waals surface area contributed by atoms with Gasteiger partial charge < -0.3 is 4.74 Å². The number of nitrogens with one attached hydrogen (secondary N) is 1. The molecule has 3 aromatic carbocycles. The van der Waals surface area contributed by atoms with Crippen LogP contribution in [0.4, 0.5) is 5.69 Å². The summed E-state index contributed by atoms with van der Waals surface area (Å²) < 4.78 is 33.8. The van der Waals surface area contributed by atoms with E-state index in [-0.39, 0.29) is 33.8 Å². The van der Waals surface area contributed by atoms with Crippen LogP contribution in [-0.4, -0.2) is 29.1 Å². The van der Waals surface area contributed by atoms with Crippen LogP contribution in [0.1, 0.15) is 11.1 Å². The number of nitro groups is 1. The normalized spacial score (nSPS) is 13.5. The highest BCUT2D eigenvalue weighted by Crippen LogP contribution is 2.34. The highest BCUT2D eigenvalue weighted by atomic mass is 32.2. The molecule has 180 valence electrons. The van der Waals surface area contributed by atoms with Crippen molar-refractivity contribution in [3.8, 4) is 5.75 Å². The number of imide groups is 1. The molecule has 1 aliphatic rings. The molecule has 4 aromatic rings. The first kappa shape index (κ1) is 23.0. The van der Waals surface area contributed by atoms with E-state index in [2.05, 4.69) is 5.32 Å². The smallest absolute Gasteiger partial charge is 0.270 e. The summed E-state index contributed by atoms with van der Waals surface area (Å²) in [5.41, 5.74) is 0.947. The van der Waals surface area contributed by atoms with Gasteiger partial charge in [0.1, 0.15) is 12.4 Å². The number of carbonyl (C=O) groups excluding carboxylic acids is 2. The van der Waals surface area contributed by atoms with Crippen molar-refractivity contribution in [1.82, 2.24) is 9.29 Å². The molecule has 5 rings (SSSR count). The zero-order chi connectivity index (χ0) is 25.4. The van der Waals surface area contributed by atoms with Gasteiger partial charge in [-0.05, 0) is 29.8 Å². The van der Waals surface area contributed by atoms with Crippen LogP contribution in [0, 0.1) is 10.1 Å². The average Bonchev–Trinajstić information content (AvgIpc) is 3.42. The predicted molar refractivity (Wildman–Crippen MR) is 130 cm³/mol. The first-order chi connectivity index (χ1) is 17.2. The second kappa shape index (κ2) is 8.78. The van der Waals surface area contributed by atoms with Gasteiger partial charge in [0.2, 0.25) is 0 Å². The maximum atomic E-state index is 13.5. The van der Waals surface area contributed by atoms with E-state index in [4.69, 9.17) is 4.74 Å². The Morgan fingerprint density at radius 1 is 0.972 bits per heavy atom. The molecule has 1 aromatic heterocycles. The molecule has 36 heavy (non-hydrogen) atoms. The monoisotopic (exact) mass is 503 g/mol. The van der Waals surface area contributed by atoms with Gasteiger partial charge in [0.05, 0.1) is 20.9 Å². The largest absolute Gasteiger partial charge is 0.489 e.